The zero-order chi connectivity index (χ0) is 10.6. The molecule has 1 unspecified atom stereocenters. The molecule has 2 N–H and O–H groups in total. The first-order chi connectivity index (χ1) is 6.65. The van der Waals surface area contributed by atoms with Gasteiger partial charge in [0.2, 0.25) is 0 Å². The Bertz CT molecular complexity index is 355. The number of benzene rings is 1. The van der Waals surface area contributed by atoms with Crippen LogP contribution in [0.25, 0.3) is 0 Å². The van der Waals surface area contributed by atoms with Crippen LogP contribution < -0.4 is 10.5 Å². The predicted octanol–water partition coefficient (Wildman–Crippen LogP) is 2.48. The highest BCUT2D eigenvalue weighted by Crippen LogP contribution is 2.27. The fraction of sp³-hybridized carbons (Fsp3) is 0.273. The maximum atomic E-state index is 5.80. The summed E-state index contributed by atoms with van der Waals surface area (Å²) in [5, 5.41) is 0. The summed E-state index contributed by atoms with van der Waals surface area (Å²) < 4.78 is 6.35. The van der Waals surface area contributed by atoms with Crippen LogP contribution in [0.2, 0.25) is 0 Å². The van der Waals surface area contributed by atoms with Crippen LogP contribution in [0.3, 0.4) is 0 Å². The van der Waals surface area contributed by atoms with E-state index in [-0.39, 0.29) is 12.6 Å². The molecule has 1 rings (SSSR count). The molecule has 0 saturated heterocycles. The van der Waals surface area contributed by atoms with Crippen LogP contribution in [-0.2, 0) is 0 Å². The predicted molar refractivity (Wildman–Crippen MR) is 61.1 cm³/mol. The van der Waals surface area contributed by atoms with Gasteiger partial charge in [0.1, 0.15) is 12.4 Å². The standard InChI is InChI=1S/C11H12BrNO/c1-3-6-14-11-5-4-9(12)7-10(11)8(2)13/h1,4-5,7-8H,6,13H2,2H3. The van der Waals surface area contributed by atoms with Gasteiger partial charge in [0.15, 0.2) is 0 Å². The lowest BCUT2D eigenvalue weighted by Crippen LogP contribution is -2.08. The number of hydrogen-bond acceptors (Lipinski definition) is 2. The molecule has 0 amide bonds. The van der Waals surface area contributed by atoms with Crippen molar-refractivity contribution in [3.05, 3.63) is 28.2 Å². The summed E-state index contributed by atoms with van der Waals surface area (Å²) in [6, 6.07) is 5.63. The van der Waals surface area contributed by atoms with Crippen molar-refractivity contribution in [3.8, 4) is 18.1 Å². The van der Waals surface area contributed by atoms with Gasteiger partial charge in [-0.25, -0.2) is 0 Å². The van der Waals surface area contributed by atoms with Crippen LogP contribution in [0.15, 0.2) is 22.7 Å². The fourth-order valence-electron chi connectivity index (χ4n) is 1.13. The number of halogens is 1. The molecule has 0 heterocycles. The minimum absolute atomic E-state index is 0.0692. The largest absolute Gasteiger partial charge is 0.481 e. The first kappa shape index (κ1) is 11.1. The van der Waals surface area contributed by atoms with E-state index < -0.39 is 0 Å². The van der Waals surface area contributed by atoms with Crippen LogP contribution in [0.1, 0.15) is 18.5 Å². The normalized spacial score (nSPS) is 11.9. The molecule has 0 spiro atoms. The van der Waals surface area contributed by atoms with Gasteiger partial charge in [0.05, 0.1) is 0 Å². The average Bonchev–Trinajstić information content (AvgIpc) is 2.15. The van der Waals surface area contributed by atoms with Crippen molar-refractivity contribution in [1.82, 2.24) is 0 Å². The molecule has 2 nitrogen and oxygen atoms in total. The van der Waals surface area contributed by atoms with Crippen molar-refractivity contribution >= 4 is 15.9 Å². The van der Waals surface area contributed by atoms with E-state index >= 15 is 0 Å². The number of nitrogens with two attached hydrogens (primary N) is 1. The molecule has 74 valence electrons. The van der Waals surface area contributed by atoms with Crippen molar-refractivity contribution < 1.29 is 4.74 Å². The molecule has 0 radical (unpaired) electrons. The average molecular weight is 254 g/mol. The van der Waals surface area contributed by atoms with E-state index in [9.17, 15) is 0 Å². The third kappa shape index (κ3) is 2.76. The summed E-state index contributed by atoms with van der Waals surface area (Å²) in [7, 11) is 0. The second-order valence-electron chi connectivity index (χ2n) is 2.96. The number of hydrogen-bond donors (Lipinski definition) is 1. The summed E-state index contributed by atoms with van der Waals surface area (Å²) >= 11 is 3.38. The van der Waals surface area contributed by atoms with Crippen molar-refractivity contribution in [3.63, 3.8) is 0 Å². The van der Waals surface area contributed by atoms with E-state index in [1.807, 2.05) is 25.1 Å². The Balaban J connectivity index is 2.97. The van der Waals surface area contributed by atoms with E-state index in [0.717, 1.165) is 15.8 Å². The molecule has 0 aliphatic carbocycles. The van der Waals surface area contributed by atoms with Crippen molar-refractivity contribution in [2.45, 2.75) is 13.0 Å². The minimum atomic E-state index is -0.0692. The van der Waals surface area contributed by atoms with E-state index in [2.05, 4.69) is 21.9 Å². The van der Waals surface area contributed by atoms with Crippen molar-refractivity contribution in [2.75, 3.05) is 6.61 Å². The molecule has 0 fully saturated rings. The Kier molecular flexibility index (Phi) is 3.99. The first-order valence-corrected chi connectivity index (χ1v) is 5.05. The number of rotatable bonds is 3. The Morgan fingerprint density at radius 2 is 2.36 bits per heavy atom. The van der Waals surface area contributed by atoms with E-state index in [1.165, 1.54) is 0 Å². The molecule has 1 aromatic rings. The van der Waals surface area contributed by atoms with Crippen LogP contribution >= 0.6 is 15.9 Å². The van der Waals surface area contributed by atoms with Crippen LogP contribution in [0.4, 0.5) is 0 Å². The molecule has 14 heavy (non-hydrogen) atoms. The molecule has 1 atom stereocenters. The van der Waals surface area contributed by atoms with Gasteiger partial charge >= 0.3 is 0 Å². The summed E-state index contributed by atoms with van der Waals surface area (Å²) in [6.07, 6.45) is 5.12. The number of ether oxygens (including phenoxy) is 1. The molecule has 0 bridgehead atoms. The van der Waals surface area contributed by atoms with Crippen molar-refractivity contribution in [1.29, 1.82) is 0 Å². The molecule has 3 heteroatoms. The van der Waals surface area contributed by atoms with Gasteiger partial charge in [0.25, 0.3) is 0 Å². The first-order valence-electron chi connectivity index (χ1n) is 4.26. The second-order valence-corrected chi connectivity index (χ2v) is 3.88. The monoisotopic (exact) mass is 253 g/mol. The fourth-order valence-corrected chi connectivity index (χ4v) is 1.50. The highest BCUT2D eigenvalue weighted by molar-refractivity contribution is 9.10. The summed E-state index contributed by atoms with van der Waals surface area (Å²) in [5.41, 5.74) is 6.76. The molecule has 0 aliphatic rings. The highest BCUT2D eigenvalue weighted by Gasteiger charge is 2.08. The SMILES string of the molecule is C#CCOc1ccc(Br)cc1C(C)N. The maximum absolute atomic E-state index is 5.80. The van der Waals surface area contributed by atoms with Gasteiger partial charge in [-0.3, -0.25) is 0 Å². The third-order valence-electron chi connectivity index (χ3n) is 1.77. The molecular weight excluding hydrogens is 242 g/mol. The quantitative estimate of drug-likeness (QED) is 0.841. The highest BCUT2D eigenvalue weighted by atomic mass is 79.9. The maximum Gasteiger partial charge on any atom is 0.148 e. The lowest BCUT2D eigenvalue weighted by Gasteiger charge is -2.12. The molecule has 1 aromatic carbocycles. The van der Waals surface area contributed by atoms with Crippen LogP contribution in [0.5, 0.6) is 5.75 Å². The van der Waals surface area contributed by atoms with E-state index in [4.69, 9.17) is 16.9 Å². The second kappa shape index (κ2) is 5.04. The van der Waals surface area contributed by atoms with Gasteiger partial charge in [-0.15, -0.1) is 6.42 Å². The lowest BCUT2D eigenvalue weighted by atomic mass is 10.1. The summed E-state index contributed by atoms with van der Waals surface area (Å²) in [6.45, 7) is 2.17. The van der Waals surface area contributed by atoms with E-state index in [0.29, 0.717) is 0 Å². The smallest absolute Gasteiger partial charge is 0.148 e. The zero-order valence-electron chi connectivity index (χ0n) is 7.96. The number of terminal acetylenes is 1. The van der Waals surface area contributed by atoms with Crippen molar-refractivity contribution in [2.24, 2.45) is 5.73 Å². The molecule has 0 aliphatic heterocycles. The Hall–Kier alpha value is -0.980. The van der Waals surface area contributed by atoms with Gasteiger partial charge in [-0.1, -0.05) is 21.9 Å². The van der Waals surface area contributed by atoms with Crippen LogP contribution in [0, 0.1) is 12.3 Å². The Morgan fingerprint density at radius 1 is 1.64 bits per heavy atom. The third-order valence-corrected chi connectivity index (χ3v) is 2.27. The summed E-state index contributed by atoms with van der Waals surface area (Å²) in [5.74, 6) is 3.17. The Morgan fingerprint density at radius 3 is 2.93 bits per heavy atom. The topological polar surface area (TPSA) is 35.2 Å². The van der Waals surface area contributed by atoms with Gasteiger partial charge in [-0.2, -0.15) is 0 Å². The van der Waals surface area contributed by atoms with Gasteiger partial charge in [0, 0.05) is 16.1 Å². The lowest BCUT2D eigenvalue weighted by molar-refractivity contribution is 0.364. The molecular formula is C11H12BrNO. The summed E-state index contributed by atoms with van der Waals surface area (Å²) in [4.78, 5) is 0. The Labute approximate surface area is 92.6 Å². The van der Waals surface area contributed by atoms with Gasteiger partial charge < -0.3 is 10.5 Å². The van der Waals surface area contributed by atoms with Crippen LogP contribution in [-0.4, -0.2) is 6.61 Å². The van der Waals surface area contributed by atoms with E-state index in [1.54, 1.807) is 0 Å². The minimum Gasteiger partial charge on any atom is -0.481 e. The molecule has 0 aromatic heterocycles. The van der Waals surface area contributed by atoms with Gasteiger partial charge in [-0.05, 0) is 25.1 Å². The molecule has 0 saturated carbocycles. The zero-order valence-corrected chi connectivity index (χ0v) is 9.54.